The lowest BCUT2D eigenvalue weighted by molar-refractivity contribution is 0.0916. The van der Waals surface area contributed by atoms with Gasteiger partial charge in [0.2, 0.25) is 0 Å². The first-order valence-electron chi connectivity index (χ1n) is 7.27. The molecule has 110 valence electrons. The second kappa shape index (κ2) is 6.73. The Labute approximate surface area is 119 Å². The first kappa shape index (κ1) is 14.8. The first-order chi connectivity index (χ1) is 9.61. The van der Waals surface area contributed by atoms with Gasteiger partial charge in [-0.3, -0.25) is 0 Å². The largest absolute Gasteiger partial charge is 0.450 e. The molecule has 20 heavy (non-hydrogen) atoms. The highest BCUT2D eigenvalue weighted by Crippen LogP contribution is 2.34. The van der Waals surface area contributed by atoms with Crippen LogP contribution in [0, 0.1) is 5.82 Å². The van der Waals surface area contributed by atoms with Gasteiger partial charge in [0.05, 0.1) is 6.61 Å². The summed E-state index contributed by atoms with van der Waals surface area (Å²) in [6, 6.07) is 7.04. The van der Waals surface area contributed by atoms with E-state index in [2.05, 4.69) is 0 Å². The van der Waals surface area contributed by atoms with Crippen molar-refractivity contribution in [3.8, 4) is 0 Å². The highest BCUT2D eigenvalue weighted by molar-refractivity contribution is 5.67. The van der Waals surface area contributed by atoms with Crippen LogP contribution in [0.3, 0.4) is 0 Å². The van der Waals surface area contributed by atoms with E-state index in [1.54, 1.807) is 11.9 Å². The highest BCUT2D eigenvalue weighted by Gasteiger charge is 2.27. The molecule has 0 N–H and O–H groups in total. The highest BCUT2D eigenvalue weighted by atomic mass is 19.1. The molecule has 2 rings (SSSR count). The van der Waals surface area contributed by atoms with Crippen molar-refractivity contribution in [1.29, 1.82) is 0 Å². The van der Waals surface area contributed by atoms with Gasteiger partial charge in [-0.2, -0.15) is 0 Å². The molecule has 3 nitrogen and oxygen atoms in total. The fourth-order valence-corrected chi connectivity index (χ4v) is 2.91. The SMILES string of the molecule is CCOC(=O)N(C)C1CCC(c2ccc(F)cc2)CC1. The summed E-state index contributed by atoms with van der Waals surface area (Å²) in [5.41, 5.74) is 1.20. The number of carbonyl (C=O) groups excluding carboxylic acids is 1. The zero-order chi connectivity index (χ0) is 14.5. The maximum absolute atomic E-state index is 12.9. The third-order valence-corrected chi connectivity index (χ3v) is 4.14. The maximum Gasteiger partial charge on any atom is 0.409 e. The van der Waals surface area contributed by atoms with E-state index >= 15 is 0 Å². The van der Waals surface area contributed by atoms with Crippen molar-refractivity contribution >= 4 is 6.09 Å². The van der Waals surface area contributed by atoms with E-state index in [0.29, 0.717) is 12.5 Å². The van der Waals surface area contributed by atoms with Gasteiger partial charge in [0.25, 0.3) is 0 Å². The molecule has 4 heteroatoms. The number of hydrogen-bond acceptors (Lipinski definition) is 2. The number of carbonyl (C=O) groups is 1. The van der Waals surface area contributed by atoms with Gasteiger partial charge in [0, 0.05) is 13.1 Å². The van der Waals surface area contributed by atoms with Crippen molar-refractivity contribution in [2.45, 2.75) is 44.6 Å². The summed E-state index contributed by atoms with van der Waals surface area (Å²) in [5.74, 6) is 0.284. The van der Waals surface area contributed by atoms with Crippen LogP contribution in [0.1, 0.15) is 44.1 Å². The van der Waals surface area contributed by atoms with Crippen LogP contribution in [0.2, 0.25) is 0 Å². The molecular formula is C16H22FNO2. The average molecular weight is 279 g/mol. The summed E-state index contributed by atoms with van der Waals surface area (Å²) in [5, 5.41) is 0. The fourth-order valence-electron chi connectivity index (χ4n) is 2.91. The van der Waals surface area contributed by atoms with Gasteiger partial charge >= 0.3 is 6.09 Å². The minimum atomic E-state index is -0.238. The molecule has 1 saturated carbocycles. The minimum absolute atomic E-state index is 0.190. The van der Waals surface area contributed by atoms with E-state index in [4.69, 9.17) is 4.74 Å². The molecule has 0 spiro atoms. The zero-order valence-electron chi connectivity index (χ0n) is 12.1. The van der Waals surface area contributed by atoms with Gasteiger partial charge < -0.3 is 9.64 Å². The number of amides is 1. The molecule has 0 atom stereocenters. The average Bonchev–Trinajstić information content (AvgIpc) is 2.48. The second-order valence-electron chi connectivity index (χ2n) is 5.37. The topological polar surface area (TPSA) is 29.5 Å². The van der Waals surface area contributed by atoms with Crippen molar-refractivity contribution in [1.82, 2.24) is 4.90 Å². The zero-order valence-corrected chi connectivity index (χ0v) is 12.1. The molecule has 0 heterocycles. The van der Waals surface area contributed by atoms with Crippen LogP contribution in [0.5, 0.6) is 0 Å². The van der Waals surface area contributed by atoms with Crippen LogP contribution < -0.4 is 0 Å². The monoisotopic (exact) mass is 279 g/mol. The van der Waals surface area contributed by atoms with Crippen LogP contribution in [-0.4, -0.2) is 30.7 Å². The molecule has 1 aliphatic carbocycles. The number of benzene rings is 1. The quantitative estimate of drug-likeness (QED) is 0.838. The Hall–Kier alpha value is -1.58. The third kappa shape index (κ3) is 3.50. The Morgan fingerprint density at radius 3 is 2.40 bits per heavy atom. The van der Waals surface area contributed by atoms with Gasteiger partial charge in [-0.05, 0) is 56.2 Å². The van der Waals surface area contributed by atoms with E-state index in [0.717, 1.165) is 25.7 Å². The summed E-state index contributed by atoms with van der Waals surface area (Å²) in [4.78, 5) is 13.4. The number of rotatable bonds is 3. The second-order valence-corrected chi connectivity index (χ2v) is 5.37. The van der Waals surface area contributed by atoms with E-state index in [1.165, 1.54) is 17.7 Å². The van der Waals surface area contributed by atoms with E-state index in [9.17, 15) is 9.18 Å². The third-order valence-electron chi connectivity index (χ3n) is 4.14. The molecule has 0 unspecified atom stereocenters. The first-order valence-corrected chi connectivity index (χ1v) is 7.27. The number of ether oxygens (including phenoxy) is 1. The molecule has 1 fully saturated rings. The molecule has 0 bridgehead atoms. The van der Waals surface area contributed by atoms with Gasteiger partial charge in [0.15, 0.2) is 0 Å². The summed E-state index contributed by atoms with van der Waals surface area (Å²) in [6.07, 6.45) is 3.76. The molecular weight excluding hydrogens is 257 g/mol. The Balaban J connectivity index is 1.89. The van der Waals surface area contributed by atoms with Gasteiger partial charge in [0.1, 0.15) is 5.82 Å². The van der Waals surface area contributed by atoms with Gasteiger partial charge in [-0.25, -0.2) is 9.18 Å². The minimum Gasteiger partial charge on any atom is -0.450 e. The Morgan fingerprint density at radius 1 is 1.25 bits per heavy atom. The molecule has 0 radical (unpaired) electrons. The molecule has 0 aliphatic heterocycles. The Kier molecular flexibility index (Phi) is 4.99. The smallest absolute Gasteiger partial charge is 0.409 e. The van der Waals surface area contributed by atoms with Crippen molar-refractivity contribution in [2.75, 3.05) is 13.7 Å². The number of nitrogens with zero attached hydrogens (tertiary/aromatic N) is 1. The molecule has 1 aliphatic rings. The van der Waals surface area contributed by atoms with E-state index < -0.39 is 0 Å². The van der Waals surface area contributed by atoms with Crippen LogP contribution in [0.25, 0.3) is 0 Å². The van der Waals surface area contributed by atoms with E-state index in [-0.39, 0.29) is 18.0 Å². The normalized spacial score (nSPS) is 22.4. The Bertz CT molecular complexity index is 438. The van der Waals surface area contributed by atoms with Crippen LogP contribution >= 0.6 is 0 Å². The summed E-state index contributed by atoms with van der Waals surface area (Å²) in [6.45, 7) is 2.23. The predicted octanol–water partition coefficient (Wildman–Crippen LogP) is 3.94. The number of halogens is 1. The summed E-state index contributed by atoms with van der Waals surface area (Å²) < 4.78 is 18.0. The lowest BCUT2D eigenvalue weighted by Crippen LogP contribution is -2.39. The molecule has 0 saturated heterocycles. The van der Waals surface area contributed by atoms with Gasteiger partial charge in [-0.1, -0.05) is 12.1 Å². The van der Waals surface area contributed by atoms with Crippen LogP contribution in [0.4, 0.5) is 9.18 Å². The number of hydrogen-bond donors (Lipinski definition) is 0. The molecule has 0 aromatic heterocycles. The van der Waals surface area contributed by atoms with Crippen LogP contribution in [-0.2, 0) is 4.74 Å². The lowest BCUT2D eigenvalue weighted by Gasteiger charge is -2.34. The summed E-state index contributed by atoms with van der Waals surface area (Å²) in [7, 11) is 1.81. The van der Waals surface area contributed by atoms with Gasteiger partial charge in [-0.15, -0.1) is 0 Å². The standard InChI is InChI=1S/C16H22FNO2/c1-3-20-16(19)18(2)15-10-6-13(7-11-15)12-4-8-14(17)9-5-12/h4-5,8-9,13,15H,3,6-7,10-11H2,1-2H3. The van der Waals surface area contributed by atoms with Crippen molar-refractivity contribution in [2.24, 2.45) is 0 Å². The van der Waals surface area contributed by atoms with Crippen molar-refractivity contribution in [3.05, 3.63) is 35.6 Å². The molecule has 1 aromatic carbocycles. The van der Waals surface area contributed by atoms with Crippen LogP contribution in [0.15, 0.2) is 24.3 Å². The molecule has 1 amide bonds. The van der Waals surface area contributed by atoms with Crippen molar-refractivity contribution < 1.29 is 13.9 Å². The maximum atomic E-state index is 12.9. The summed E-state index contributed by atoms with van der Waals surface area (Å²) >= 11 is 0. The Morgan fingerprint density at radius 2 is 1.85 bits per heavy atom. The fraction of sp³-hybridized carbons (Fsp3) is 0.562. The predicted molar refractivity (Wildman–Crippen MR) is 76.2 cm³/mol. The van der Waals surface area contributed by atoms with E-state index in [1.807, 2.05) is 19.1 Å². The lowest BCUT2D eigenvalue weighted by atomic mass is 9.81. The molecule has 1 aromatic rings. The van der Waals surface area contributed by atoms with Crippen molar-refractivity contribution in [3.63, 3.8) is 0 Å².